The number of benzene rings is 2. The second-order valence-corrected chi connectivity index (χ2v) is 7.58. The Hall–Kier alpha value is -2.46. The second kappa shape index (κ2) is 5.81. The average molecular weight is 333 g/mol. The topological polar surface area (TPSA) is 39.9 Å². The van der Waals surface area contributed by atoms with E-state index in [4.69, 9.17) is 4.74 Å². The van der Waals surface area contributed by atoms with Gasteiger partial charge in [0.25, 0.3) is 0 Å². The van der Waals surface area contributed by atoms with Crippen LogP contribution in [0.3, 0.4) is 0 Å². The van der Waals surface area contributed by atoms with Crippen molar-refractivity contribution >= 4 is 0 Å². The second-order valence-electron chi connectivity index (χ2n) is 7.58. The first-order valence-corrected chi connectivity index (χ1v) is 8.69. The van der Waals surface area contributed by atoms with Gasteiger partial charge in [0.05, 0.1) is 17.4 Å². The largest absolute Gasteiger partial charge is 0.368 e. The maximum absolute atomic E-state index is 6.48. The monoisotopic (exact) mass is 333 g/mol. The predicted octanol–water partition coefficient (Wildman–Crippen LogP) is 4.56. The SMILES string of the molecule is Cn1nnc2c1-c1ccccc1C(OC(C)(C)C)Cc1ccccc1-2. The van der Waals surface area contributed by atoms with E-state index < -0.39 is 0 Å². The summed E-state index contributed by atoms with van der Waals surface area (Å²) in [6.45, 7) is 6.33. The van der Waals surface area contributed by atoms with Crippen molar-refractivity contribution in [2.75, 3.05) is 0 Å². The molecule has 2 aromatic carbocycles. The van der Waals surface area contributed by atoms with E-state index in [0.717, 1.165) is 28.9 Å². The zero-order chi connectivity index (χ0) is 17.6. The van der Waals surface area contributed by atoms with Crippen LogP contribution in [0.5, 0.6) is 0 Å². The highest BCUT2D eigenvalue weighted by Crippen LogP contribution is 2.42. The standard InChI is InChI=1S/C21H23N3O/c1-21(2,3)25-18-13-14-9-5-6-10-15(14)19-20(24(4)23-22-19)17-12-8-7-11-16(17)18/h5-12,18H,13H2,1-4H3. The average Bonchev–Trinajstić information content (AvgIpc) is 2.93. The zero-order valence-corrected chi connectivity index (χ0v) is 15.2. The summed E-state index contributed by atoms with van der Waals surface area (Å²) in [5, 5.41) is 8.77. The van der Waals surface area contributed by atoms with E-state index >= 15 is 0 Å². The first kappa shape index (κ1) is 16.0. The molecule has 4 nitrogen and oxygen atoms in total. The number of hydrogen-bond donors (Lipinski definition) is 0. The number of hydrogen-bond acceptors (Lipinski definition) is 3. The van der Waals surface area contributed by atoms with Crippen molar-refractivity contribution in [1.82, 2.24) is 15.0 Å². The van der Waals surface area contributed by atoms with Crippen LogP contribution < -0.4 is 0 Å². The molecule has 1 aliphatic rings. The van der Waals surface area contributed by atoms with Gasteiger partial charge in [-0.05, 0) is 31.9 Å². The minimum absolute atomic E-state index is 0.0135. The van der Waals surface area contributed by atoms with Crippen LogP contribution in [0.4, 0.5) is 0 Å². The van der Waals surface area contributed by atoms with Crippen LogP contribution in [0.15, 0.2) is 48.5 Å². The number of aromatic nitrogens is 3. The molecule has 1 heterocycles. The summed E-state index contributed by atoms with van der Waals surface area (Å²) in [7, 11) is 1.95. The Bertz CT molecular complexity index is 921. The smallest absolute Gasteiger partial charge is 0.121 e. The molecule has 4 rings (SSSR count). The van der Waals surface area contributed by atoms with E-state index in [9.17, 15) is 0 Å². The maximum atomic E-state index is 6.48. The van der Waals surface area contributed by atoms with Gasteiger partial charge in [0.15, 0.2) is 0 Å². The Morgan fingerprint density at radius 2 is 1.68 bits per heavy atom. The highest BCUT2D eigenvalue weighted by Gasteiger charge is 2.29. The van der Waals surface area contributed by atoms with Crippen LogP contribution in [0.2, 0.25) is 0 Å². The van der Waals surface area contributed by atoms with Gasteiger partial charge >= 0.3 is 0 Å². The molecule has 128 valence electrons. The summed E-state index contributed by atoms with van der Waals surface area (Å²) < 4.78 is 8.34. The van der Waals surface area contributed by atoms with Crippen LogP contribution >= 0.6 is 0 Å². The van der Waals surface area contributed by atoms with Gasteiger partial charge in [-0.15, -0.1) is 5.10 Å². The number of nitrogens with zero attached hydrogens (tertiary/aromatic N) is 3. The van der Waals surface area contributed by atoms with Gasteiger partial charge in [0, 0.05) is 24.6 Å². The zero-order valence-electron chi connectivity index (χ0n) is 15.2. The number of rotatable bonds is 1. The van der Waals surface area contributed by atoms with Crippen LogP contribution in [-0.2, 0) is 18.2 Å². The van der Waals surface area contributed by atoms with Gasteiger partial charge in [0.1, 0.15) is 5.69 Å². The summed E-state index contributed by atoms with van der Waals surface area (Å²) in [6.07, 6.45) is 0.806. The molecule has 0 amide bonds. The molecule has 0 fully saturated rings. The van der Waals surface area contributed by atoms with E-state index in [2.05, 4.69) is 79.6 Å². The summed E-state index contributed by atoms with van der Waals surface area (Å²) in [4.78, 5) is 0. The summed E-state index contributed by atoms with van der Waals surface area (Å²) in [6, 6.07) is 16.9. The molecule has 1 aliphatic carbocycles. The van der Waals surface area contributed by atoms with Gasteiger partial charge in [-0.1, -0.05) is 53.7 Å². The highest BCUT2D eigenvalue weighted by molar-refractivity contribution is 5.82. The minimum atomic E-state index is -0.223. The molecule has 0 bridgehead atoms. The Morgan fingerprint density at radius 3 is 2.44 bits per heavy atom. The Kier molecular flexibility index (Phi) is 3.73. The quantitative estimate of drug-likeness (QED) is 0.655. The van der Waals surface area contributed by atoms with Crippen molar-refractivity contribution in [2.24, 2.45) is 7.05 Å². The molecule has 25 heavy (non-hydrogen) atoms. The Labute approximate surface area is 148 Å². The van der Waals surface area contributed by atoms with E-state index in [1.165, 1.54) is 11.1 Å². The van der Waals surface area contributed by atoms with Crippen molar-refractivity contribution in [3.8, 4) is 22.5 Å². The summed E-state index contributed by atoms with van der Waals surface area (Å²) >= 11 is 0. The van der Waals surface area contributed by atoms with Crippen LogP contribution in [0, 0.1) is 0 Å². The fraction of sp³-hybridized carbons (Fsp3) is 0.333. The van der Waals surface area contributed by atoms with Crippen molar-refractivity contribution in [2.45, 2.75) is 38.9 Å². The van der Waals surface area contributed by atoms with Crippen LogP contribution in [0.1, 0.15) is 38.0 Å². The maximum Gasteiger partial charge on any atom is 0.121 e. The molecule has 0 aliphatic heterocycles. The Morgan fingerprint density at radius 1 is 1.00 bits per heavy atom. The summed E-state index contributed by atoms with van der Waals surface area (Å²) in [5.41, 5.74) is 6.49. The van der Waals surface area contributed by atoms with Gasteiger partial charge in [-0.2, -0.15) is 0 Å². The highest BCUT2D eigenvalue weighted by atomic mass is 16.5. The first-order chi connectivity index (χ1) is 11.9. The lowest BCUT2D eigenvalue weighted by Crippen LogP contribution is -2.25. The fourth-order valence-corrected chi connectivity index (χ4v) is 3.60. The van der Waals surface area contributed by atoms with Crippen LogP contribution in [0.25, 0.3) is 22.5 Å². The molecule has 1 atom stereocenters. The van der Waals surface area contributed by atoms with Gasteiger partial charge in [-0.25, -0.2) is 4.68 Å². The molecule has 0 saturated heterocycles. The lowest BCUT2D eigenvalue weighted by Gasteiger charge is -2.31. The third kappa shape index (κ3) is 2.87. The molecule has 1 unspecified atom stereocenters. The first-order valence-electron chi connectivity index (χ1n) is 8.69. The fourth-order valence-electron chi connectivity index (χ4n) is 3.60. The number of ether oxygens (including phenoxy) is 1. The van der Waals surface area contributed by atoms with Gasteiger partial charge in [-0.3, -0.25) is 0 Å². The molecular formula is C21H23N3O. The van der Waals surface area contributed by atoms with Crippen molar-refractivity contribution in [3.63, 3.8) is 0 Å². The third-order valence-electron chi connectivity index (χ3n) is 4.56. The number of aryl methyl sites for hydroxylation is 1. The molecule has 0 spiro atoms. The molecule has 1 aromatic heterocycles. The van der Waals surface area contributed by atoms with Gasteiger partial charge in [0.2, 0.25) is 0 Å². The normalized spacial score (nSPS) is 16.4. The molecule has 3 aromatic rings. The molecule has 0 N–H and O–H groups in total. The summed E-state index contributed by atoms with van der Waals surface area (Å²) in [5.74, 6) is 0. The number of fused-ring (bicyclic) bond motifs is 5. The minimum Gasteiger partial charge on any atom is -0.368 e. The Balaban J connectivity index is 2.01. The molecule has 4 heteroatoms. The third-order valence-corrected chi connectivity index (χ3v) is 4.56. The predicted molar refractivity (Wildman–Crippen MR) is 99.2 cm³/mol. The lowest BCUT2D eigenvalue weighted by atomic mass is 9.87. The van der Waals surface area contributed by atoms with E-state index in [-0.39, 0.29) is 11.7 Å². The van der Waals surface area contributed by atoms with E-state index in [0.29, 0.717) is 0 Å². The lowest BCUT2D eigenvalue weighted by molar-refractivity contribution is -0.0611. The van der Waals surface area contributed by atoms with E-state index in [1.807, 2.05) is 11.7 Å². The molecule has 0 radical (unpaired) electrons. The van der Waals surface area contributed by atoms with Crippen LogP contribution in [-0.4, -0.2) is 20.6 Å². The molecular weight excluding hydrogens is 310 g/mol. The van der Waals surface area contributed by atoms with E-state index in [1.54, 1.807) is 0 Å². The van der Waals surface area contributed by atoms with Gasteiger partial charge < -0.3 is 4.74 Å². The van der Waals surface area contributed by atoms with Crippen molar-refractivity contribution in [1.29, 1.82) is 0 Å². The van der Waals surface area contributed by atoms with Crippen molar-refractivity contribution < 1.29 is 4.74 Å². The van der Waals surface area contributed by atoms with Crippen molar-refractivity contribution in [3.05, 3.63) is 59.7 Å². The molecule has 0 saturated carbocycles.